The number of hydrogen-bond donors (Lipinski definition) is 0. The second kappa shape index (κ2) is 7.17. The van der Waals surface area contributed by atoms with Gasteiger partial charge in [0.15, 0.2) is 0 Å². The van der Waals surface area contributed by atoms with E-state index < -0.39 is 18.2 Å². The third-order valence-electron chi connectivity index (χ3n) is 5.26. The Kier molecular flexibility index (Phi) is 5.11. The van der Waals surface area contributed by atoms with E-state index >= 15 is 0 Å². The number of alkyl halides is 3. The second-order valence-corrected chi connectivity index (χ2v) is 7.00. The summed E-state index contributed by atoms with van der Waals surface area (Å²) in [6.07, 6.45) is -3.54. The zero-order chi connectivity index (χ0) is 18.8. The lowest BCUT2D eigenvalue weighted by Gasteiger charge is -2.38. The van der Waals surface area contributed by atoms with Gasteiger partial charge in [0.05, 0.1) is 0 Å². The number of carbonyl (C=O) groups excluding carboxylic acids is 2. The highest BCUT2D eigenvalue weighted by atomic mass is 19.4. The number of likely N-dealkylation sites (tertiary alicyclic amines) is 2. The van der Waals surface area contributed by atoms with E-state index in [4.69, 9.17) is 4.74 Å². The first-order chi connectivity index (χ1) is 12.3. The van der Waals surface area contributed by atoms with Crippen molar-refractivity contribution in [2.45, 2.75) is 32.0 Å². The maximum absolute atomic E-state index is 12.6. The van der Waals surface area contributed by atoms with Crippen LogP contribution in [0.3, 0.4) is 0 Å². The van der Waals surface area contributed by atoms with Crippen LogP contribution in [0.4, 0.5) is 18.0 Å². The minimum absolute atomic E-state index is 0.109. The topological polar surface area (TPSA) is 49.9 Å². The first kappa shape index (κ1) is 18.5. The van der Waals surface area contributed by atoms with Gasteiger partial charge in [0.1, 0.15) is 6.61 Å². The molecule has 5 nitrogen and oxygen atoms in total. The number of carbonyl (C=O) groups is 2. The van der Waals surface area contributed by atoms with E-state index in [9.17, 15) is 22.8 Å². The van der Waals surface area contributed by atoms with Gasteiger partial charge in [-0.1, -0.05) is 30.3 Å². The Balaban J connectivity index is 1.48. The molecule has 1 aromatic carbocycles. The lowest BCUT2D eigenvalue weighted by Crippen LogP contribution is -2.46. The first-order valence-electron chi connectivity index (χ1n) is 8.61. The van der Waals surface area contributed by atoms with Crippen molar-refractivity contribution in [1.82, 2.24) is 9.80 Å². The SMILES string of the molecule is O=C(OCc1ccccc1)N1CCC2(CC1)CCN(C(=O)C(F)(F)F)C2. The fraction of sp³-hybridized carbons (Fsp3) is 0.556. The third-order valence-corrected chi connectivity index (χ3v) is 5.26. The van der Waals surface area contributed by atoms with Crippen LogP contribution in [-0.2, 0) is 16.1 Å². The molecule has 2 saturated heterocycles. The molecule has 0 N–H and O–H groups in total. The van der Waals surface area contributed by atoms with Gasteiger partial charge < -0.3 is 14.5 Å². The average molecular weight is 370 g/mol. The number of rotatable bonds is 2. The predicted octanol–water partition coefficient (Wildman–Crippen LogP) is 3.20. The van der Waals surface area contributed by atoms with E-state index in [1.807, 2.05) is 30.3 Å². The van der Waals surface area contributed by atoms with Crippen LogP contribution in [0.1, 0.15) is 24.8 Å². The molecule has 1 spiro atoms. The fourth-order valence-electron chi connectivity index (χ4n) is 3.67. The smallest absolute Gasteiger partial charge is 0.445 e. The molecule has 2 aliphatic heterocycles. The van der Waals surface area contributed by atoms with Gasteiger partial charge in [-0.2, -0.15) is 13.2 Å². The van der Waals surface area contributed by atoms with Crippen molar-refractivity contribution in [3.05, 3.63) is 35.9 Å². The van der Waals surface area contributed by atoms with Gasteiger partial charge in [0, 0.05) is 26.2 Å². The van der Waals surface area contributed by atoms with Crippen molar-refractivity contribution in [1.29, 1.82) is 0 Å². The number of ether oxygens (including phenoxy) is 1. The zero-order valence-corrected chi connectivity index (χ0v) is 14.3. The Labute approximate surface area is 149 Å². The maximum atomic E-state index is 12.6. The average Bonchev–Trinajstić information content (AvgIpc) is 3.03. The summed E-state index contributed by atoms with van der Waals surface area (Å²) in [6, 6.07) is 9.33. The minimum Gasteiger partial charge on any atom is -0.445 e. The van der Waals surface area contributed by atoms with E-state index in [-0.39, 0.29) is 25.1 Å². The molecule has 1 aromatic rings. The monoisotopic (exact) mass is 370 g/mol. The van der Waals surface area contributed by atoms with Gasteiger partial charge in [-0.05, 0) is 30.2 Å². The maximum Gasteiger partial charge on any atom is 0.471 e. The molecule has 2 heterocycles. The van der Waals surface area contributed by atoms with Gasteiger partial charge in [0.2, 0.25) is 0 Å². The summed E-state index contributed by atoms with van der Waals surface area (Å²) in [6.45, 7) is 1.29. The molecule has 2 aliphatic rings. The van der Waals surface area contributed by atoms with Crippen molar-refractivity contribution in [3.8, 4) is 0 Å². The van der Waals surface area contributed by atoms with Crippen molar-refractivity contribution >= 4 is 12.0 Å². The Morgan fingerprint density at radius 3 is 2.15 bits per heavy atom. The Bertz CT molecular complexity index is 655. The molecule has 0 aliphatic carbocycles. The summed E-state index contributed by atoms with van der Waals surface area (Å²) in [5.41, 5.74) is 0.573. The normalized spacial score (nSPS) is 19.7. The molecule has 142 valence electrons. The number of piperidine rings is 1. The molecule has 2 fully saturated rings. The lowest BCUT2D eigenvalue weighted by molar-refractivity contribution is -0.184. The van der Waals surface area contributed by atoms with Gasteiger partial charge in [-0.15, -0.1) is 0 Å². The molecule has 0 aromatic heterocycles. The van der Waals surface area contributed by atoms with Crippen LogP contribution in [0.15, 0.2) is 30.3 Å². The van der Waals surface area contributed by atoms with Crippen molar-refractivity contribution in [2.75, 3.05) is 26.2 Å². The summed E-state index contributed by atoms with van der Waals surface area (Å²) in [5.74, 6) is -1.76. The highest BCUT2D eigenvalue weighted by molar-refractivity contribution is 5.82. The lowest BCUT2D eigenvalue weighted by atomic mass is 9.78. The van der Waals surface area contributed by atoms with Gasteiger partial charge >= 0.3 is 18.2 Å². The molecule has 26 heavy (non-hydrogen) atoms. The zero-order valence-electron chi connectivity index (χ0n) is 14.3. The number of halogens is 3. The fourth-order valence-corrected chi connectivity index (χ4v) is 3.67. The second-order valence-electron chi connectivity index (χ2n) is 7.00. The molecule has 8 heteroatoms. The van der Waals surface area contributed by atoms with E-state index in [0.29, 0.717) is 32.4 Å². The molecule has 0 radical (unpaired) electrons. The summed E-state index contributed by atoms with van der Waals surface area (Å²) < 4.78 is 43.1. The van der Waals surface area contributed by atoms with Crippen LogP contribution in [0.2, 0.25) is 0 Å². The highest BCUT2D eigenvalue weighted by Gasteiger charge is 2.49. The molecule has 0 bridgehead atoms. The van der Waals surface area contributed by atoms with Crippen molar-refractivity contribution in [3.63, 3.8) is 0 Å². The van der Waals surface area contributed by atoms with Crippen LogP contribution in [-0.4, -0.2) is 54.2 Å². The van der Waals surface area contributed by atoms with Crippen LogP contribution in [0.25, 0.3) is 0 Å². The van der Waals surface area contributed by atoms with Gasteiger partial charge in [0.25, 0.3) is 0 Å². The standard InChI is InChI=1S/C18H21F3N2O3/c19-18(20,21)15(24)23-11-8-17(13-23)6-9-22(10-7-17)16(25)26-12-14-4-2-1-3-5-14/h1-5H,6-13H2. The Hall–Kier alpha value is -2.25. The highest BCUT2D eigenvalue weighted by Crippen LogP contribution is 2.41. The predicted molar refractivity (Wildman–Crippen MR) is 87.1 cm³/mol. The van der Waals surface area contributed by atoms with Gasteiger partial charge in [-0.25, -0.2) is 4.79 Å². The molecule has 0 unspecified atom stereocenters. The first-order valence-corrected chi connectivity index (χ1v) is 8.61. The molecular formula is C18H21F3N2O3. The molecule has 2 amide bonds. The van der Waals surface area contributed by atoms with Crippen LogP contribution >= 0.6 is 0 Å². The van der Waals surface area contributed by atoms with Crippen LogP contribution in [0, 0.1) is 5.41 Å². The van der Waals surface area contributed by atoms with E-state index in [1.165, 1.54) is 0 Å². The van der Waals surface area contributed by atoms with Crippen molar-refractivity contribution in [2.24, 2.45) is 5.41 Å². The quantitative estimate of drug-likeness (QED) is 0.803. The summed E-state index contributed by atoms with van der Waals surface area (Å²) in [5, 5.41) is 0. The Morgan fingerprint density at radius 1 is 1.00 bits per heavy atom. The van der Waals surface area contributed by atoms with E-state index in [1.54, 1.807) is 4.90 Å². The summed E-state index contributed by atoms with van der Waals surface area (Å²) in [4.78, 5) is 26.0. The molecule has 0 atom stereocenters. The molecular weight excluding hydrogens is 349 g/mol. The van der Waals surface area contributed by atoms with Crippen LogP contribution in [0.5, 0.6) is 0 Å². The largest absolute Gasteiger partial charge is 0.471 e. The summed E-state index contributed by atoms with van der Waals surface area (Å²) >= 11 is 0. The van der Waals surface area contributed by atoms with E-state index in [0.717, 1.165) is 10.5 Å². The minimum atomic E-state index is -4.83. The number of benzene rings is 1. The Morgan fingerprint density at radius 2 is 1.58 bits per heavy atom. The number of hydrogen-bond acceptors (Lipinski definition) is 3. The number of amides is 2. The van der Waals surface area contributed by atoms with E-state index in [2.05, 4.69) is 0 Å². The number of nitrogens with zero attached hydrogens (tertiary/aromatic N) is 2. The van der Waals surface area contributed by atoms with Crippen LogP contribution < -0.4 is 0 Å². The van der Waals surface area contributed by atoms with Crippen molar-refractivity contribution < 1.29 is 27.5 Å². The third kappa shape index (κ3) is 4.11. The molecule has 3 rings (SSSR count). The van der Waals surface area contributed by atoms with Gasteiger partial charge in [-0.3, -0.25) is 4.79 Å². The summed E-state index contributed by atoms with van der Waals surface area (Å²) in [7, 11) is 0. The molecule has 0 saturated carbocycles.